The lowest BCUT2D eigenvalue weighted by Crippen LogP contribution is -2.58. The lowest BCUT2D eigenvalue weighted by Gasteiger charge is -2.37. The number of hydrogen-bond acceptors (Lipinski definition) is 3. The van der Waals surface area contributed by atoms with E-state index in [1.807, 2.05) is 24.3 Å². The summed E-state index contributed by atoms with van der Waals surface area (Å²) in [6, 6.07) is 13.0. The third-order valence-electron chi connectivity index (χ3n) is 5.33. The predicted octanol–water partition coefficient (Wildman–Crippen LogP) is 4.33. The normalized spacial score (nSPS) is 15.3. The molecule has 1 aliphatic heterocycles. The van der Waals surface area contributed by atoms with Crippen molar-refractivity contribution < 1.29 is 14.0 Å². The second-order valence-electron chi connectivity index (χ2n) is 7.81. The molecule has 0 unspecified atom stereocenters. The molecule has 0 bridgehead atoms. The molecule has 1 heterocycles. The number of piperidine rings is 1. The van der Waals surface area contributed by atoms with Crippen LogP contribution in [-0.2, 0) is 4.79 Å². The quantitative estimate of drug-likeness (QED) is 0.669. The van der Waals surface area contributed by atoms with Gasteiger partial charge in [-0.25, -0.2) is 9.18 Å². The molecule has 0 aromatic heterocycles. The largest absolute Gasteiger partial charge is 0.324 e. The number of urea groups is 1. The Bertz CT molecular complexity index is 864. The fourth-order valence-electron chi connectivity index (χ4n) is 3.28. The molecule has 30 heavy (non-hydrogen) atoms. The summed E-state index contributed by atoms with van der Waals surface area (Å²) in [6.07, 6.45) is 0.722. The molecule has 2 aromatic rings. The van der Waals surface area contributed by atoms with E-state index in [1.54, 1.807) is 4.90 Å². The lowest BCUT2D eigenvalue weighted by atomic mass is 9.87. The van der Waals surface area contributed by atoms with Gasteiger partial charge in [0.25, 0.3) is 0 Å². The second-order valence-corrected chi connectivity index (χ2v) is 7.81. The zero-order chi connectivity index (χ0) is 21.0. The zero-order valence-corrected chi connectivity index (χ0v) is 18.0. The van der Waals surface area contributed by atoms with Gasteiger partial charge in [0.2, 0.25) is 5.91 Å². The molecule has 8 heteroatoms. The van der Waals surface area contributed by atoms with Gasteiger partial charge in [-0.2, -0.15) is 0 Å². The molecular formula is C22H28ClFN4O2. The maximum Gasteiger partial charge on any atom is 0.321 e. The highest BCUT2D eigenvalue weighted by Crippen LogP contribution is 2.24. The van der Waals surface area contributed by atoms with Crippen molar-refractivity contribution in [1.29, 1.82) is 0 Å². The van der Waals surface area contributed by atoms with Crippen molar-refractivity contribution in [1.82, 2.24) is 4.90 Å². The van der Waals surface area contributed by atoms with Crippen molar-refractivity contribution in [3.63, 3.8) is 0 Å². The summed E-state index contributed by atoms with van der Waals surface area (Å²) in [7, 11) is 0. The number of nitrogens with two attached hydrogens (primary N) is 1. The molecule has 0 radical (unpaired) electrons. The van der Waals surface area contributed by atoms with Gasteiger partial charge in [-0.3, -0.25) is 4.79 Å². The van der Waals surface area contributed by atoms with Gasteiger partial charge in [0, 0.05) is 24.5 Å². The maximum absolute atomic E-state index is 13.0. The highest BCUT2D eigenvalue weighted by molar-refractivity contribution is 5.98. The Morgan fingerprint density at radius 3 is 2.00 bits per heavy atom. The summed E-state index contributed by atoms with van der Waals surface area (Å²) in [4.78, 5) is 26.7. The number of halogens is 2. The zero-order valence-electron chi connectivity index (χ0n) is 17.2. The Balaban J connectivity index is 0.00000320. The van der Waals surface area contributed by atoms with Crippen molar-refractivity contribution in [2.75, 3.05) is 23.7 Å². The van der Waals surface area contributed by atoms with Gasteiger partial charge >= 0.3 is 6.03 Å². The molecule has 0 spiro atoms. The van der Waals surface area contributed by atoms with Crippen molar-refractivity contribution >= 4 is 35.7 Å². The standard InChI is InChI=1S/C22H27FN4O2.ClH/c1-15(2)16-3-7-18(8-4-16)25-20(28)22(24)11-13-27(14-12-22)21(29)26-19-9-5-17(23)6-10-19;/h3-10,15H,11-14,24H2,1-2H3,(H,25,28)(H,26,29);1H. The fraction of sp³-hybridized carbons (Fsp3) is 0.364. The van der Waals surface area contributed by atoms with Crippen molar-refractivity contribution in [3.05, 3.63) is 59.9 Å². The Labute approximate surface area is 182 Å². The van der Waals surface area contributed by atoms with Gasteiger partial charge < -0.3 is 21.3 Å². The van der Waals surface area contributed by atoms with E-state index in [2.05, 4.69) is 24.5 Å². The Morgan fingerprint density at radius 2 is 1.47 bits per heavy atom. The molecule has 6 nitrogen and oxygen atoms in total. The van der Waals surface area contributed by atoms with Crippen molar-refractivity contribution in [3.8, 4) is 0 Å². The lowest BCUT2D eigenvalue weighted by molar-refractivity contribution is -0.122. The third-order valence-corrected chi connectivity index (χ3v) is 5.33. The van der Waals surface area contributed by atoms with Crippen LogP contribution in [0.15, 0.2) is 48.5 Å². The van der Waals surface area contributed by atoms with E-state index in [-0.39, 0.29) is 30.2 Å². The van der Waals surface area contributed by atoms with E-state index in [1.165, 1.54) is 29.8 Å². The number of benzene rings is 2. The fourth-order valence-corrected chi connectivity index (χ4v) is 3.28. The van der Waals surface area contributed by atoms with E-state index < -0.39 is 5.54 Å². The number of rotatable bonds is 4. The van der Waals surface area contributed by atoms with Gasteiger partial charge in [0.05, 0.1) is 5.54 Å². The molecule has 1 fully saturated rings. The van der Waals surface area contributed by atoms with Crippen LogP contribution in [0.5, 0.6) is 0 Å². The minimum Gasteiger partial charge on any atom is -0.324 e. The van der Waals surface area contributed by atoms with E-state index in [0.717, 1.165) is 0 Å². The average molecular weight is 435 g/mol. The highest BCUT2D eigenvalue weighted by atomic mass is 35.5. The molecule has 4 N–H and O–H groups in total. The van der Waals surface area contributed by atoms with Crippen LogP contribution in [0.4, 0.5) is 20.6 Å². The number of hydrogen-bond donors (Lipinski definition) is 3. The van der Waals surface area contributed by atoms with Crippen LogP contribution >= 0.6 is 12.4 Å². The number of anilines is 2. The Kier molecular flexibility index (Phi) is 7.81. The molecule has 3 amide bonds. The van der Waals surface area contributed by atoms with Crippen LogP contribution in [-0.4, -0.2) is 35.5 Å². The van der Waals surface area contributed by atoms with Crippen LogP contribution < -0.4 is 16.4 Å². The first-order valence-electron chi connectivity index (χ1n) is 9.79. The summed E-state index contributed by atoms with van der Waals surface area (Å²) >= 11 is 0. The monoisotopic (exact) mass is 434 g/mol. The minimum absolute atomic E-state index is 0. The van der Waals surface area contributed by atoms with E-state index >= 15 is 0 Å². The molecular weight excluding hydrogens is 407 g/mol. The first-order chi connectivity index (χ1) is 13.8. The Morgan fingerprint density at radius 1 is 0.967 bits per heavy atom. The predicted molar refractivity (Wildman–Crippen MR) is 120 cm³/mol. The first-order valence-corrected chi connectivity index (χ1v) is 9.79. The molecule has 1 saturated heterocycles. The molecule has 2 aromatic carbocycles. The van der Waals surface area contributed by atoms with Crippen molar-refractivity contribution in [2.45, 2.75) is 38.1 Å². The van der Waals surface area contributed by atoms with Crippen LogP contribution in [0, 0.1) is 5.82 Å². The van der Waals surface area contributed by atoms with Gasteiger partial charge in [0.1, 0.15) is 5.82 Å². The Hall–Kier alpha value is -2.64. The summed E-state index contributed by atoms with van der Waals surface area (Å²) < 4.78 is 13.0. The van der Waals surface area contributed by atoms with Crippen molar-refractivity contribution in [2.24, 2.45) is 5.73 Å². The number of carbonyl (C=O) groups is 2. The topological polar surface area (TPSA) is 87.5 Å². The van der Waals surface area contributed by atoms with Gasteiger partial charge in [-0.05, 0) is 60.7 Å². The second kappa shape index (κ2) is 9.91. The number of amides is 3. The summed E-state index contributed by atoms with van der Waals surface area (Å²) in [5, 5.41) is 5.62. The molecule has 0 saturated carbocycles. The van der Waals surface area contributed by atoms with Gasteiger partial charge in [0.15, 0.2) is 0 Å². The smallest absolute Gasteiger partial charge is 0.321 e. The molecule has 1 aliphatic rings. The minimum atomic E-state index is -1.02. The van der Waals surface area contributed by atoms with Crippen LogP contribution in [0.2, 0.25) is 0 Å². The summed E-state index contributed by atoms with van der Waals surface area (Å²) in [5.41, 5.74) is 7.75. The van der Waals surface area contributed by atoms with E-state index in [9.17, 15) is 14.0 Å². The van der Waals surface area contributed by atoms with Crippen LogP contribution in [0.25, 0.3) is 0 Å². The number of likely N-dealkylation sites (tertiary alicyclic amines) is 1. The average Bonchev–Trinajstić information content (AvgIpc) is 2.70. The number of nitrogens with one attached hydrogen (secondary N) is 2. The van der Waals surface area contributed by atoms with E-state index in [0.29, 0.717) is 43.2 Å². The molecule has 162 valence electrons. The number of nitrogens with zero attached hydrogens (tertiary/aromatic N) is 1. The summed E-state index contributed by atoms with van der Waals surface area (Å²) in [6.45, 7) is 4.96. The van der Waals surface area contributed by atoms with Crippen LogP contribution in [0.1, 0.15) is 38.2 Å². The van der Waals surface area contributed by atoms with Crippen LogP contribution in [0.3, 0.4) is 0 Å². The highest BCUT2D eigenvalue weighted by Gasteiger charge is 2.38. The molecule has 3 rings (SSSR count). The number of carbonyl (C=O) groups excluding carboxylic acids is 2. The summed E-state index contributed by atoms with van der Waals surface area (Å²) in [5.74, 6) is -0.182. The van der Waals surface area contributed by atoms with Gasteiger partial charge in [-0.1, -0.05) is 26.0 Å². The maximum atomic E-state index is 13.0. The molecule has 0 aliphatic carbocycles. The third kappa shape index (κ3) is 5.70. The molecule has 0 atom stereocenters. The van der Waals surface area contributed by atoms with E-state index in [4.69, 9.17) is 5.73 Å². The SMILES string of the molecule is CC(C)c1ccc(NC(=O)C2(N)CCN(C(=O)Nc3ccc(F)cc3)CC2)cc1.Cl. The first kappa shape index (κ1) is 23.6. The van der Waals surface area contributed by atoms with Gasteiger partial charge in [-0.15, -0.1) is 12.4 Å².